The number of amides is 1. The SMILES string of the molecule is COc1ccc(Cl)cc1C(=O)N1C[C@@H](CO)[C@H](N(C)C)C1. The van der Waals surface area contributed by atoms with Crippen molar-refractivity contribution in [2.24, 2.45) is 5.92 Å². The molecule has 6 heteroatoms. The molecule has 0 saturated carbocycles. The lowest BCUT2D eigenvalue weighted by atomic mass is 10.0. The second-order valence-corrected chi connectivity index (χ2v) is 5.96. The maximum Gasteiger partial charge on any atom is 0.257 e. The Morgan fingerprint density at radius 3 is 2.71 bits per heavy atom. The number of carbonyl (C=O) groups excluding carboxylic acids is 1. The Morgan fingerprint density at radius 1 is 1.48 bits per heavy atom. The van der Waals surface area contributed by atoms with E-state index in [9.17, 15) is 9.90 Å². The van der Waals surface area contributed by atoms with Gasteiger partial charge in [-0.2, -0.15) is 0 Å². The zero-order valence-corrected chi connectivity index (χ0v) is 13.3. The zero-order chi connectivity index (χ0) is 15.6. The first kappa shape index (κ1) is 16.1. The number of likely N-dealkylation sites (tertiary alicyclic amines) is 1. The number of rotatable bonds is 4. The lowest BCUT2D eigenvalue weighted by Crippen LogP contribution is -2.37. The summed E-state index contributed by atoms with van der Waals surface area (Å²) >= 11 is 5.99. The van der Waals surface area contributed by atoms with Gasteiger partial charge in [0.05, 0.1) is 12.7 Å². The quantitative estimate of drug-likeness (QED) is 0.911. The summed E-state index contributed by atoms with van der Waals surface area (Å²) in [5, 5.41) is 9.99. The van der Waals surface area contributed by atoms with Gasteiger partial charge in [-0.1, -0.05) is 11.6 Å². The molecule has 2 rings (SSSR count). The molecule has 1 aromatic carbocycles. The molecule has 1 amide bonds. The van der Waals surface area contributed by atoms with Crippen LogP contribution in [0.5, 0.6) is 5.75 Å². The summed E-state index contributed by atoms with van der Waals surface area (Å²) in [6, 6.07) is 5.17. The first-order valence-electron chi connectivity index (χ1n) is 6.88. The van der Waals surface area contributed by atoms with Crippen molar-refractivity contribution in [2.75, 3.05) is 40.9 Å². The molecule has 0 radical (unpaired) electrons. The van der Waals surface area contributed by atoms with E-state index in [0.29, 0.717) is 29.4 Å². The Bertz CT molecular complexity index is 522. The van der Waals surface area contributed by atoms with Gasteiger partial charge in [0.2, 0.25) is 0 Å². The predicted octanol–water partition coefficient (Wildman–Crippen LogP) is 1.34. The number of likely N-dealkylation sites (N-methyl/N-ethyl adjacent to an activating group) is 1. The van der Waals surface area contributed by atoms with Crippen LogP contribution in [0.4, 0.5) is 0 Å². The highest BCUT2D eigenvalue weighted by Crippen LogP contribution is 2.27. The summed E-state index contributed by atoms with van der Waals surface area (Å²) in [6.45, 7) is 1.19. The number of ether oxygens (including phenoxy) is 1. The number of methoxy groups -OCH3 is 1. The number of nitrogens with zero attached hydrogens (tertiary/aromatic N) is 2. The Hall–Kier alpha value is -1.30. The highest BCUT2D eigenvalue weighted by atomic mass is 35.5. The number of carbonyl (C=O) groups is 1. The van der Waals surface area contributed by atoms with Crippen molar-refractivity contribution in [1.82, 2.24) is 9.80 Å². The number of hydrogen-bond donors (Lipinski definition) is 1. The van der Waals surface area contributed by atoms with Crippen molar-refractivity contribution < 1.29 is 14.6 Å². The van der Waals surface area contributed by atoms with Crippen molar-refractivity contribution >= 4 is 17.5 Å². The molecule has 1 aliphatic rings. The molecule has 1 aromatic rings. The molecule has 0 aromatic heterocycles. The van der Waals surface area contributed by atoms with E-state index in [4.69, 9.17) is 16.3 Å². The molecule has 1 fully saturated rings. The highest BCUT2D eigenvalue weighted by Gasteiger charge is 2.36. The van der Waals surface area contributed by atoms with Gasteiger partial charge >= 0.3 is 0 Å². The first-order valence-corrected chi connectivity index (χ1v) is 7.25. The van der Waals surface area contributed by atoms with Crippen LogP contribution < -0.4 is 4.74 Å². The summed E-state index contributed by atoms with van der Waals surface area (Å²) in [6.07, 6.45) is 0. The normalized spacial score (nSPS) is 21.9. The van der Waals surface area contributed by atoms with Gasteiger partial charge in [-0.3, -0.25) is 4.79 Å². The maximum atomic E-state index is 12.7. The average Bonchev–Trinajstić information content (AvgIpc) is 2.90. The molecule has 1 saturated heterocycles. The van der Waals surface area contributed by atoms with E-state index in [1.165, 1.54) is 7.11 Å². The van der Waals surface area contributed by atoms with Crippen LogP contribution in [0.1, 0.15) is 10.4 Å². The van der Waals surface area contributed by atoms with Gasteiger partial charge in [0.25, 0.3) is 5.91 Å². The van der Waals surface area contributed by atoms with Gasteiger partial charge in [0, 0.05) is 36.7 Å². The molecule has 0 aliphatic carbocycles. The summed E-state index contributed by atoms with van der Waals surface area (Å²) in [4.78, 5) is 16.5. The van der Waals surface area contributed by atoms with E-state index in [-0.39, 0.29) is 24.5 Å². The highest BCUT2D eigenvalue weighted by molar-refractivity contribution is 6.31. The van der Waals surface area contributed by atoms with Crippen LogP contribution in [-0.4, -0.2) is 67.8 Å². The van der Waals surface area contributed by atoms with E-state index in [0.717, 1.165) is 0 Å². The molecule has 116 valence electrons. The van der Waals surface area contributed by atoms with E-state index in [2.05, 4.69) is 0 Å². The van der Waals surface area contributed by atoms with Gasteiger partial charge in [-0.25, -0.2) is 0 Å². The van der Waals surface area contributed by atoms with Gasteiger partial charge in [-0.15, -0.1) is 0 Å². The molecule has 1 aliphatic heterocycles. The average molecular weight is 313 g/mol. The molecule has 5 nitrogen and oxygen atoms in total. The molecule has 0 unspecified atom stereocenters. The summed E-state index contributed by atoms with van der Waals surface area (Å²) in [5.41, 5.74) is 0.459. The van der Waals surface area contributed by atoms with Crippen LogP contribution in [0.3, 0.4) is 0 Å². The van der Waals surface area contributed by atoms with Crippen LogP contribution in [0, 0.1) is 5.92 Å². The van der Waals surface area contributed by atoms with Gasteiger partial charge in [0.1, 0.15) is 5.75 Å². The summed E-state index contributed by atoms with van der Waals surface area (Å²) in [7, 11) is 5.45. The van der Waals surface area contributed by atoms with Crippen LogP contribution in [0.25, 0.3) is 0 Å². The third-order valence-corrected chi connectivity index (χ3v) is 4.22. The summed E-state index contributed by atoms with van der Waals surface area (Å²) in [5.74, 6) is 0.463. The Labute approximate surface area is 130 Å². The minimum atomic E-state index is -0.114. The third-order valence-electron chi connectivity index (χ3n) is 3.98. The monoisotopic (exact) mass is 312 g/mol. The van der Waals surface area contributed by atoms with Crippen molar-refractivity contribution in [1.29, 1.82) is 0 Å². The number of aliphatic hydroxyl groups excluding tert-OH is 1. The molecular weight excluding hydrogens is 292 g/mol. The van der Waals surface area contributed by atoms with Crippen LogP contribution >= 0.6 is 11.6 Å². The number of halogens is 1. The van der Waals surface area contributed by atoms with Crippen molar-refractivity contribution in [2.45, 2.75) is 6.04 Å². The minimum Gasteiger partial charge on any atom is -0.496 e. The number of benzene rings is 1. The second kappa shape index (κ2) is 6.64. The topological polar surface area (TPSA) is 53.0 Å². The third kappa shape index (κ3) is 3.31. The standard InChI is InChI=1S/C15H21ClN2O3/c1-17(2)13-8-18(7-10(13)9-19)15(20)12-6-11(16)4-5-14(12)21-3/h4-6,10,13,19H,7-9H2,1-3H3/t10-,13+/m0/s1. The van der Waals surface area contributed by atoms with E-state index >= 15 is 0 Å². The fraction of sp³-hybridized carbons (Fsp3) is 0.533. The van der Waals surface area contributed by atoms with Crippen molar-refractivity contribution in [3.05, 3.63) is 28.8 Å². The van der Waals surface area contributed by atoms with Crippen LogP contribution in [0.2, 0.25) is 5.02 Å². The van der Waals surface area contributed by atoms with E-state index in [1.807, 2.05) is 19.0 Å². The second-order valence-electron chi connectivity index (χ2n) is 5.53. The molecule has 0 spiro atoms. The molecule has 0 bridgehead atoms. The lowest BCUT2D eigenvalue weighted by molar-refractivity contribution is 0.0775. The molecule has 1 N–H and O–H groups in total. The molecule has 2 atom stereocenters. The minimum absolute atomic E-state index is 0.0640. The predicted molar refractivity (Wildman–Crippen MR) is 82.0 cm³/mol. The molecule has 1 heterocycles. The van der Waals surface area contributed by atoms with Crippen molar-refractivity contribution in [3.8, 4) is 5.75 Å². The summed E-state index contributed by atoms with van der Waals surface area (Å²) < 4.78 is 5.24. The Kier molecular flexibility index (Phi) is 5.08. The molecule has 21 heavy (non-hydrogen) atoms. The van der Waals surface area contributed by atoms with Gasteiger partial charge in [-0.05, 0) is 32.3 Å². The first-order chi connectivity index (χ1) is 9.97. The van der Waals surface area contributed by atoms with Crippen LogP contribution in [0.15, 0.2) is 18.2 Å². The van der Waals surface area contributed by atoms with Crippen molar-refractivity contribution in [3.63, 3.8) is 0 Å². The van der Waals surface area contributed by atoms with Gasteiger partial charge < -0.3 is 19.6 Å². The number of aliphatic hydroxyl groups is 1. The fourth-order valence-corrected chi connectivity index (χ4v) is 2.97. The lowest BCUT2D eigenvalue weighted by Gasteiger charge is -2.23. The molecular formula is C15H21ClN2O3. The Morgan fingerprint density at radius 2 is 2.19 bits per heavy atom. The van der Waals surface area contributed by atoms with E-state index < -0.39 is 0 Å². The largest absolute Gasteiger partial charge is 0.496 e. The van der Waals surface area contributed by atoms with Gasteiger partial charge in [0.15, 0.2) is 0 Å². The maximum absolute atomic E-state index is 12.7. The fourth-order valence-electron chi connectivity index (χ4n) is 2.80. The smallest absolute Gasteiger partial charge is 0.257 e. The Balaban J connectivity index is 2.23. The zero-order valence-electron chi connectivity index (χ0n) is 12.5. The van der Waals surface area contributed by atoms with Crippen LogP contribution in [-0.2, 0) is 0 Å². The van der Waals surface area contributed by atoms with E-state index in [1.54, 1.807) is 23.1 Å². The number of hydrogen-bond acceptors (Lipinski definition) is 4.